The van der Waals surface area contributed by atoms with Crippen molar-refractivity contribution in [2.75, 3.05) is 5.32 Å². The lowest BCUT2D eigenvalue weighted by atomic mass is 10.3. The van der Waals surface area contributed by atoms with Crippen LogP contribution in [-0.4, -0.2) is 14.5 Å². The van der Waals surface area contributed by atoms with Crippen molar-refractivity contribution in [1.29, 1.82) is 5.26 Å². The van der Waals surface area contributed by atoms with E-state index in [2.05, 4.69) is 15.3 Å². The minimum Gasteiger partial charge on any atom is -0.606 e. The summed E-state index contributed by atoms with van der Waals surface area (Å²) in [5, 5.41) is 11.0. The van der Waals surface area contributed by atoms with Crippen molar-refractivity contribution in [2.24, 2.45) is 0 Å². The highest BCUT2D eigenvalue weighted by molar-refractivity contribution is 7.91. The van der Waals surface area contributed by atoms with Crippen molar-refractivity contribution in [1.82, 2.24) is 9.97 Å². The summed E-state index contributed by atoms with van der Waals surface area (Å²) in [4.78, 5) is 8.60. The van der Waals surface area contributed by atoms with Crippen LogP contribution in [0.5, 0.6) is 0 Å². The molecule has 0 radical (unpaired) electrons. The molecule has 1 aromatic heterocycles. The number of hydrogen-bond donors (Lipinski definition) is 2. The monoisotopic (exact) mass is 282 g/mol. The molecule has 0 saturated heterocycles. The quantitative estimate of drug-likeness (QED) is 0.439. The summed E-state index contributed by atoms with van der Waals surface area (Å²) in [5.74, 6) is 0.380. The minimum absolute atomic E-state index is 0.380. The molecule has 0 bridgehead atoms. The Morgan fingerprint density at radius 3 is 2.70 bits per heavy atom. The highest BCUT2D eigenvalue weighted by Crippen LogP contribution is 2.24. The maximum atomic E-state index is 12.4. The summed E-state index contributed by atoms with van der Waals surface area (Å²) < 4.78 is 12.4. The highest BCUT2D eigenvalue weighted by atomic mass is 32.2. The Balaban J connectivity index is 1.98. The molecule has 1 atom stereocenters. The first-order valence-electron chi connectivity index (χ1n) is 5.89. The maximum absolute atomic E-state index is 12.4. The summed E-state index contributed by atoms with van der Waals surface area (Å²) in [6.45, 7) is 0. The third-order valence-corrected chi connectivity index (χ3v) is 4.18. The summed E-state index contributed by atoms with van der Waals surface area (Å²) in [6.07, 6.45) is 1.80. The molecule has 0 aliphatic carbocycles. The summed E-state index contributed by atoms with van der Waals surface area (Å²) in [7, 11) is 0. The van der Waals surface area contributed by atoms with Crippen LogP contribution in [0.3, 0.4) is 0 Å². The normalized spacial score (nSPS) is 12.0. The van der Waals surface area contributed by atoms with E-state index in [1.54, 1.807) is 24.4 Å². The molecule has 0 saturated carbocycles. The van der Waals surface area contributed by atoms with Gasteiger partial charge in [0, 0.05) is 17.2 Å². The molecule has 3 rings (SSSR count). The first-order valence-corrected chi connectivity index (χ1v) is 7.04. The lowest BCUT2D eigenvalue weighted by Crippen LogP contribution is -2.01. The number of anilines is 1. The summed E-state index contributed by atoms with van der Waals surface area (Å²) in [6, 6.07) is 14.6. The van der Waals surface area contributed by atoms with E-state index in [-0.39, 0.29) is 0 Å². The van der Waals surface area contributed by atoms with Gasteiger partial charge in [-0.15, -0.1) is 0 Å². The van der Waals surface area contributed by atoms with Crippen molar-refractivity contribution >= 4 is 28.2 Å². The first-order chi connectivity index (χ1) is 9.78. The molecule has 2 aromatic carbocycles. The van der Waals surface area contributed by atoms with E-state index in [1.165, 1.54) is 0 Å². The van der Waals surface area contributed by atoms with Crippen LogP contribution in [0.15, 0.2) is 58.3 Å². The molecule has 2 N–H and O–H groups in total. The SMILES string of the molecule is N#CNc1nc2cc([S+]([O-])c3ccccc3)ccc2[nH]1. The summed E-state index contributed by atoms with van der Waals surface area (Å²) >= 11 is -1.24. The van der Waals surface area contributed by atoms with Gasteiger partial charge < -0.3 is 9.54 Å². The molecule has 3 aromatic rings. The van der Waals surface area contributed by atoms with E-state index in [1.807, 2.05) is 30.3 Å². The molecule has 20 heavy (non-hydrogen) atoms. The number of aromatic nitrogens is 2. The Morgan fingerprint density at radius 2 is 1.95 bits per heavy atom. The van der Waals surface area contributed by atoms with E-state index in [4.69, 9.17) is 5.26 Å². The van der Waals surface area contributed by atoms with E-state index in [0.717, 1.165) is 10.4 Å². The van der Waals surface area contributed by atoms with Gasteiger partial charge in [0.2, 0.25) is 5.95 Å². The van der Waals surface area contributed by atoms with Crippen molar-refractivity contribution in [3.05, 3.63) is 48.5 Å². The first kappa shape index (κ1) is 12.5. The fourth-order valence-corrected chi connectivity index (χ4v) is 2.98. The maximum Gasteiger partial charge on any atom is 0.214 e. The molecule has 1 heterocycles. The molecule has 0 spiro atoms. The number of nitrogens with one attached hydrogen (secondary N) is 2. The van der Waals surface area contributed by atoms with Crippen LogP contribution in [0.2, 0.25) is 0 Å². The number of fused-ring (bicyclic) bond motifs is 1. The van der Waals surface area contributed by atoms with Gasteiger partial charge in [0.05, 0.1) is 11.0 Å². The third-order valence-electron chi connectivity index (χ3n) is 2.80. The second kappa shape index (κ2) is 5.25. The zero-order valence-corrected chi connectivity index (χ0v) is 11.1. The Hall–Kier alpha value is -2.49. The summed E-state index contributed by atoms with van der Waals surface area (Å²) in [5.41, 5.74) is 1.46. The fourth-order valence-electron chi connectivity index (χ4n) is 1.89. The van der Waals surface area contributed by atoms with Crippen LogP contribution in [0.4, 0.5) is 5.95 Å². The van der Waals surface area contributed by atoms with Gasteiger partial charge in [-0.1, -0.05) is 18.2 Å². The minimum atomic E-state index is -1.24. The molecule has 5 nitrogen and oxygen atoms in total. The van der Waals surface area contributed by atoms with Crippen molar-refractivity contribution < 1.29 is 4.55 Å². The predicted octanol–water partition coefficient (Wildman–Crippen LogP) is 2.62. The number of aromatic amines is 1. The number of benzene rings is 2. The van der Waals surface area contributed by atoms with Gasteiger partial charge in [-0.25, -0.2) is 4.98 Å². The van der Waals surface area contributed by atoms with Crippen LogP contribution >= 0.6 is 0 Å². The molecule has 6 heteroatoms. The van der Waals surface area contributed by atoms with Gasteiger partial charge in [-0.2, -0.15) is 5.26 Å². The van der Waals surface area contributed by atoms with E-state index < -0.39 is 11.2 Å². The van der Waals surface area contributed by atoms with Gasteiger partial charge in [-0.05, 0) is 24.3 Å². The standard InChI is InChI=1S/C14H10N4OS/c15-9-16-14-17-12-7-6-11(8-13(12)18-14)20(19)10-4-2-1-3-5-10/h1-8H,(H2,16,17,18). The molecule has 98 valence electrons. The highest BCUT2D eigenvalue weighted by Gasteiger charge is 2.15. The van der Waals surface area contributed by atoms with E-state index in [0.29, 0.717) is 16.4 Å². The van der Waals surface area contributed by atoms with Gasteiger partial charge in [0.25, 0.3) is 0 Å². The molecule has 0 fully saturated rings. The fraction of sp³-hybridized carbons (Fsp3) is 0. The number of H-pyrrole nitrogens is 1. The Kier molecular flexibility index (Phi) is 3.29. The lowest BCUT2D eigenvalue weighted by Gasteiger charge is -2.09. The topological polar surface area (TPSA) is 87.6 Å². The number of nitriles is 1. The predicted molar refractivity (Wildman–Crippen MR) is 76.4 cm³/mol. The van der Waals surface area contributed by atoms with Crippen LogP contribution in [-0.2, 0) is 11.2 Å². The third kappa shape index (κ3) is 2.32. The Labute approximate surface area is 118 Å². The van der Waals surface area contributed by atoms with Crippen molar-refractivity contribution in [3.63, 3.8) is 0 Å². The largest absolute Gasteiger partial charge is 0.606 e. The smallest absolute Gasteiger partial charge is 0.214 e. The van der Waals surface area contributed by atoms with Gasteiger partial charge in [0.15, 0.2) is 16.0 Å². The lowest BCUT2D eigenvalue weighted by molar-refractivity contribution is 0.595. The molecular weight excluding hydrogens is 272 g/mol. The molecule has 0 amide bonds. The Bertz CT molecular complexity index is 779. The number of imidazole rings is 1. The van der Waals surface area contributed by atoms with Crippen molar-refractivity contribution in [3.8, 4) is 6.19 Å². The molecule has 0 aliphatic heterocycles. The van der Waals surface area contributed by atoms with Crippen LogP contribution < -0.4 is 5.32 Å². The van der Waals surface area contributed by atoms with Crippen LogP contribution in [0, 0.1) is 11.5 Å². The van der Waals surface area contributed by atoms with Gasteiger partial charge in [-0.3, -0.25) is 5.32 Å². The molecule has 0 aliphatic rings. The van der Waals surface area contributed by atoms with Crippen molar-refractivity contribution in [2.45, 2.75) is 9.79 Å². The zero-order chi connectivity index (χ0) is 13.9. The second-order valence-electron chi connectivity index (χ2n) is 4.08. The number of rotatable bonds is 3. The average molecular weight is 282 g/mol. The van der Waals surface area contributed by atoms with E-state index in [9.17, 15) is 4.55 Å². The van der Waals surface area contributed by atoms with Gasteiger partial charge in [0.1, 0.15) is 0 Å². The average Bonchev–Trinajstić information content (AvgIpc) is 2.89. The van der Waals surface area contributed by atoms with Crippen LogP contribution in [0.1, 0.15) is 0 Å². The zero-order valence-electron chi connectivity index (χ0n) is 10.3. The second-order valence-corrected chi connectivity index (χ2v) is 5.56. The number of nitrogens with zero attached hydrogens (tertiary/aromatic N) is 2. The van der Waals surface area contributed by atoms with Gasteiger partial charge >= 0.3 is 0 Å². The van der Waals surface area contributed by atoms with Crippen LogP contribution in [0.25, 0.3) is 11.0 Å². The van der Waals surface area contributed by atoms with E-state index >= 15 is 0 Å². The molecule has 1 unspecified atom stereocenters. The molecular formula is C14H10N4OS. The number of hydrogen-bond acceptors (Lipinski definition) is 4. The Morgan fingerprint density at radius 1 is 1.15 bits per heavy atom.